The standard InChI is InChI=1S/C14H21N3O/c1-10(9-18-3)6-14-16-12-5-4-11(8-15)7-13(12)17(14)2/h4-5,7,10H,6,8-9,15H2,1-3H3. The second kappa shape index (κ2) is 5.50. The van der Waals surface area contributed by atoms with Gasteiger partial charge in [-0.25, -0.2) is 4.98 Å². The van der Waals surface area contributed by atoms with Crippen molar-refractivity contribution >= 4 is 11.0 Å². The fourth-order valence-corrected chi connectivity index (χ4v) is 2.25. The highest BCUT2D eigenvalue weighted by atomic mass is 16.5. The molecule has 0 saturated heterocycles. The Kier molecular flexibility index (Phi) is 3.99. The molecule has 1 unspecified atom stereocenters. The third-order valence-corrected chi connectivity index (χ3v) is 3.26. The van der Waals surface area contributed by atoms with E-state index in [4.69, 9.17) is 10.5 Å². The number of rotatable bonds is 5. The lowest BCUT2D eigenvalue weighted by Gasteiger charge is -2.09. The third kappa shape index (κ3) is 2.54. The van der Waals surface area contributed by atoms with E-state index in [9.17, 15) is 0 Å². The molecule has 2 aromatic rings. The molecule has 4 nitrogen and oxygen atoms in total. The normalized spacial score (nSPS) is 13.1. The number of nitrogens with zero attached hydrogens (tertiary/aromatic N) is 2. The Morgan fingerprint density at radius 3 is 2.89 bits per heavy atom. The predicted octanol–water partition coefficient (Wildman–Crippen LogP) is 1.86. The van der Waals surface area contributed by atoms with Crippen molar-refractivity contribution in [1.29, 1.82) is 0 Å². The van der Waals surface area contributed by atoms with Crippen LogP contribution in [0.3, 0.4) is 0 Å². The molecule has 1 aromatic carbocycles. The van der Waals surface area contributed by atoms with E-state index in [1.165, 1.54) is 0 Å². The Hall–Kier alpha value is -1.39. The van der Waals surface area contributed by atoms with Gasteiger partial charge < -0.3 is 15.0 Å². The summed E-state index contributed by atoms with van der Waals surface area (Å²) in [4.78, 5) is 4.68. The average molecular weight is 247 g/mol. The zero-order valence-electron chi connectivity index (χ0n) is 11.3. The van der Waals surface area contributed by atoms with Crippen molar-refractivity contribution in [1.82, 2.24) is 9.55 Å². The lowest BCUT2D eigenvalue weighted by Crippen LogP contribution is -2.10. The van der Waals surface area contributed by atoms with Gasteiger partial charge >= 0.3 is 0 Å². The number of aromatic nitrogens is 2. The molecule has 2 N–H and O–H groups in total. The zero-order chi connectivity index (χ0) is 13.1. The quantitative estimate of drug-likeness (QED) is 0.877. The molecule has 1 atom stereocenters. The van der Waals surface area contributed by atoms with Gasteiger partial charge in [-0.3, -0.25) is 0 Å². The molecule has 4 heteroatoms. The van der Waals surface area contributed by atoms with Crippen molar-refractivity contribution in [3.63, 3.8) is 0 Å². The summed E-state index contributed by atoms with van der Waals surface area (Å²) in [6.45, 7) is 3.50. The Labute approximate surface area is 108 Å². The maximum absolute atomic E-state index is 5.67. The number of benzene rings is 1. The third-order valence-electron chi connectivity index (χ3n) is 3.26. The van der Waals surface area contributed by atoms with Crippen LogP contribution in [0.2, 0.25) is 0 Å². The van der Waals surface area contributed by atoms with Crippen LogP contribution in [-0.2, 0) is 24.8 Å². The molecule has 18 heavy (non-hydrogen) atoms. The largest absolute Gasteiger partial charge is 0.384 e. The average Bonchev–Trinajstić information content (AvgIpc) is 2.66. The van der Waals surface area contributed by atoms with Crippen molar-refractivity contribution in [3.05, 3.63) is 29.6 Å². The van der Waals surface area contributed by atoms with Crippen LogP contribution >= 0.6 is 0 Å². The van der Waals surface area contributed by atoms with Crippen LogP contribution in [0.1, 0.15) is 18.3 Å². The molecule has 0 amide bonds. The summed E-state index contributed by atoms with van der Waals surface area (Å²) in [6, 6.07) is 6.20. The fraction of sp³-hybridized carbons (Fsp3) is 0.500. The second-order valence-electron chi connectivity index (χ2n) is 4.88. The summed E-state index contributed by atoms with van der Waals surface area (Å²) < 4.78 is 7.33. The first kappa shape index (κ1) is 13.1. The number of hydrogen-bond donors (Lipinski definition) is 1. The van der Waals surface area contributed by atoms with Crippen LogP contribution in [0.25, 0.3) is 11.0 Å². The van der Waals surface area contributed by atoms with E-state index in [0.29, 0.717) is 12.5 Å². The molecule has 1 aromatic heterocycles. The minimum absolute atomic E-state index is 0.472. The van der Waals surface area contributed by atoms with Crippen molar-refractivity contribution < 1.29 is 4.74 Å². The van der Waals surface area contributed by atoms with Gasteiger partial charge in [0, 0.05) is 33.7 Å². The number of nitrogens with two attached hydrogens (primary N) is 1. The lowest BCUT2D eigenvalue weighted by molar-refractivity contribution is 0.158. The van der Waals surface area contributed by atoms with E-state index in [1.807, 2.05) is 12.1 Å². The van der Waals surface area contributed by atoms with Gasteiger partial charge in [-0.1, -0.05) is 13.0 Å². The molecular weight excluding hydrogens is 226 g/mol. The van der Waals surface area contributed by atoms with Gasteiger partial charge in [0.2, 0.25) is 0 Å². The van der Waals surface area contributed by atoms with Gasteiger partial charge in [-0.15, -0.1) is 0 Å². The molecule has 0 bridgehead atoms. The van der Waals surface area contributed by atoms with E-state index in [-0.39, 0.29) is 0 Å². The van der Waals surface area contributed by atoms with Gasteiger partial charge in [0.05, 0.1) is 11.0 Å². The van der Waals surface area contributed by atoms with Gasteiger partial charge in [-0.05, 0) is 23.6 Å². The summed E-state index contributed by atoms with van der Waals surface area (Å²) in [5.74, 6) is 1.57. The molecule has 0 fully saturated rings. The second-order valence-corrected chi connectivity index (χ2v) is 4.88. The Balaban J connectivity index is 2.32. The predicted molar refractivity (Wildman–Crippen MR) is 73.3 cm³/mol. The van der Waals surface area contributed by atoms with Gasteiger partial charge in [0.1, 0.15) is 5.82 Å². The van der Waals surface area contributed by atoms with Crippen LogP contribution in [-0.4, -0.2) is 23.3 Å². The van der Waals surface area contributed by atoms with E-state index in [2.05, 4.69) is 29.6 Å². The molecule has 0 aliphatic heterocycles. The molecule has 0 radical (unpaired) electrons. The lowest BCUT2D eigenvalue weighted by atomic mass is 10.1. The summed E-state index contributed by atoms with van der Waals surface area (Å²) in [5, 5.41) is 0. The minimum Gasteiger partial charge on any atom is -0.384 e. The maximum atomic E-state index is 5.67. The zero-order valence-corrected chi connectivity index (χ0v) is 11.3. The summed E-state index contributed by atoms with van der Waals surface area (Å²) in [6.07, 6.45) is 0.928. The van der Waals surface area contributed by atoms with Crippen LogP contribution < -0.4 is 5.73 Å². The molecule has 98 valence electrons. The van der Waals surface area contributed by atoms with Crippen LogP contribution in [0.4, 0.5) is 0 Å². The van der Waals surface area contributed by atoms with E-state index in [0.717, 1.165) is 35.4 Å². The maximum Gasteiger partial charge on any atom is 0.109 e. The minimum atomic E-state index is 0.472. The number of ether oxygens (including phenoxy) is 1. The number of imidazole rings is 1. The van der Waals surface area contributed by atoms with Crippen molar-refractivity contribution in [3.8, 4) is 0 Å². The molecular formula is C14H21N3O. The Bertz CT molecular complexity index is 533. The van der Waals surface area contributed by atoms with Gasteiger partial charge in [0.15, 0.2) is 0 Å². The summed E-state index contributed by atoms with van der Waals surface area (Å²) >= 11 is 0. The van der Waals surface area contributed by atoms with Crippen molar-refractivity contribution in [2.24, 2.45) is 18.7 Å². The number of methoxy groups -OCH3 is 1. The van der Waals surface area contributed by atoms with E-state index >= 15 is 0 Å². The molecule has 0 aliphatic rings. The molecule has 0 aliphatic carbocycles. The molecule has 1 heterocycles. The highest BCUT2D eigenvalue weighted by Gasteiger charge is 2.11. The topological polar surface area (TPSA) is 53.1 Å². The highest BCUT2D eigenvalue weighted by Crippen LogP contribution is 2.18. The van der Waals surface area contributed by atoms with Crippen LogP contribution in [0.15, 0.2) is 18.2 Å². The first-order chi connectivity index (χ1) is 8.65. The number of hydrogen-bond acceptors (Lipinski definition) is 3. The summed E-state index contributed by atoms with van der Waals surface area (Å²) in [5.41, 5.74) is 9.00. The fourth-order valence-electron chi connectivity index (χ4n) is 2.25. The van der Waals surface area contributed by atoms with E-state index in [1.54, 1.807) is 7.11 Å². The SMILES string of the molecule is COCC(C)Cc1nc2ccc(CN)cc2n1C. The van der Waals surface area contributed by atoms with Crippen LogP contribution in [0.5, 0.6) is 0 Å². The van der Waals surface area contributed by atoms with Gasteiger partial charge in [0.25, 0.3) is 0 Å². The van der Waals surface area contributed by atoms with Crippen molar-refractivity contribution in [2.75, 3.05) is 13.7 Å². The Morgan fingerprint density at radius 1 is 1.44 bits per heavy atom. The number of fused-ring (bicyclic) bond motifs is 1. The van der Waals surface area contributed by atoms with E-state index < -0.39 is 0 Å². The van der Waals surface area contributed by atoms with Gasteiger partial charge in [-0.2, -0.15) is 0 Å². The highest BCUT2D eigenvalue weighted by molar-refractivity contribution is 5.76. The van der Waals surface area contributed by atoms with Crippen molar-refractivity contribution in [2.45, 2.75) is 19.9 Å². The monoisotopic (exact) mass is 247 g/mol. The molecule has 0 spiro atoms. The molecule has 2 rings (SSSR count). The first-order valence-electron chi connectivity index (χ1n) is 6.29. The summed E-state index contributed by atoms with van der Waals surface area (Å²) in [7, 11) is 3.80. The first-order valence-corrected chi connectivity index (χ1v) is 6.29. The Morgan fingerprint density at radius 2 is 2.22 bits per heavy atom. The molecule has 0 saturated carbocycles. The van der Waals surface area contributed by atoms with Crippen LogP contribution in [0, 0.1) is 5.92 Å². The smallest absolute Gasteiger partial charge is 0.109 e. The number of aryl methyl sites for hydroxylation is 1.